The maximum absolute atomic E-state index is 13.0. The Labute approximate surface area is 178 Å². The van der Waals surface area contributed by atoms with Gasteiger partial charge in [0.05, 0.1) is 12.2 Å². The third-order valence-electron chi connectivity index (χ3n) is 5.65. The molecule has 0 saturated carbocycles. The van der Waals surface area contributed by atoms with Crippen LogP contribution in [0.4, 0.5) is 13.2 Å². The summed E-state index contributed by atoms with van der Waals surface area (Å²) >= 11 is 6.62. The predicted octanol–water partition coefficient (Wildman–Crippen LogP) is 4.45. The molecule has 0 saturated heterocycles. The van der Waals surface area contributed by atoms with E-state index in [1.807, 2.05) is 34.1 Å². The van der Waals surface area contributed by atoms with Crippen molar-refractivity contribution >= 4 is 28.5 Å². The SMILES string of the molecule is FC(F)(F)c1ccc(CN2C(=S)C3(COc4cc5c(cc43)OCO5)c3cccn32)s1. The fourth-order valence-corrected chi connectivity index (χ4v) is 5.57. The lowest BCUT2D eigenvalue weighted by Crippen LogP contribution is -2.42. The minimum absolute atomic E-state index is 0.151. The number of ether oxygens (including phenoxy) is 3. The van der Waals surface area contributed by atoms with Gasteiger partial charge in [-0.2, -0.15) is 13.2 Å². The summed E-state index contributed by atoms with van der Waals surface area (Å²) in [7, 11) is 0. The van der Waals surface area contributed by atoms with Gasteiger partial charge in [-0.1, -0.05) is 12.2 Å². The molecule has 0 radical (unpaired) electrons. The molecule has 1 atom stereocenters. The van der Waals surface area contributed by atoms with Crippen LogP contribution in [-0.2, 0) is 18.1 Å². The van der Waals surface area contributed by atoms with E-state index < -0.39 is 16.5 Å². The van der Waals surface area contributed by atoms with Gasteiger partial charge in [0.2, 0.25) is 6.79 Å². The summed E-state index contributed by atoms with van der Waals surface area (Å²) in [6.45, 7) is 0.698. The Morgan fingerprint density at radius 3 is 2.63 bits per heavy atom. The quantitative estimate of drug-likeness (QED) is 0.539. The smallest absolute Gasteiger partial charge is 0.425 e. The summed E-state index contributed by atoms with van der Waals surface area (Å²) in [6, 6.07) is 10.2. The van der Waals surface area contributed by atoms with Crippen LogP contribution in [0, 0.1) is 0 Å². The van der Waals surface area contributed by atoms with Gasteiger partial charge in [-0.25, -0.2) is 0 Å². The van der Waals surface area contributed by atoms with Crippen LogP contribution in [0.2, 0.25) is 0 Å². The lowest BCUT2D eigenvalue weighted by molar-refractivity contribution is -0.134. The molecule has 10 heteroatoms. The Bertz CT molecular complexity index is 1200. The Hall–Kier alpha value is -2.72. The second-order valence-electron chi connectivity index (χ2n) is 7.26. The third-order valence-corrected chi connectivity index (χ3v) is 7.32. The Morgan fingerprint density at radius 1 is 1.07 bits per heavy atom. The van der Waals surface area contributed by atoms with E-state index >= 15 is 0 Å². The number of fused-ring (bicyclic) bond motifs is 5. The average molecular weight is 450 g/mol. The Kier molecular flexibility index (Phi) is 3.57. The van der Waals surface area contributed by atoms with E-state index in [0.717, 1.165) is 28.7 Å². The second kappa shape index (κ2) is 5.92. The summed E-state index contributed by atoms with van der Waals surface area (Å²) in [5.74, 6) is 1.93. The first-order valence-electron chi connectivity index (χ1n) is 9.11. The standard InChI is InChI=1S/C20H13F3N2O3S2/c21-20(22,23)17-4-3-11(30-17)8-25-18(29)19(16-2-1-5-24(16)25)9-26-13-7-15-14(6-12(13)19)27-10-28-15/h1-7H,8-10H2. The van der Waals surface area contributed by atoms with E-state index in [0.29, 0.717) is 33.7 Å². The topological polar surface area (TPSA) is 35.9 Å². The van der Waals surface area contributed by atoms with Crippen molar-refractivity contribution in [3.8, 4) is 17.2 Å². The number of thiocarbonyl (C=S) groups is 1. The highest BCUT2D eigenvalue weighted by atomic mass is 32.1. The van der Waals surface area contributed by atoms with Gasteiger partial charge < -0.3 is 14.2 Å². The molecule has 5 heterocycles. The molecular formula is C20H13F3N2O3S2. The monoisotopic (exact) mass is 450 g/mol. The van der Waals surface area contributed by atoms with E-state index in [-0.39, 0.29) is 13.3 Å². The number of rotatable bonds is 2. The van der Waals surface area contributed by atoms with Crippen LogP contribution in [0.1, 0.15) is 21.0 Å². The van der Waals surface area contributed by atoms with E-state index in [9.17, 15) is 13.2 Å². The number of hydrogen-bond donors (Lipinski definition) is 0. The summed E-state index contributed by atoms with van der Waals surface area (Å²) in [6.07, 6.45) is -2.49. The zero-order valence-corrected chi connectivity index (χ0v) is 16.9. The van der Waals surface area contributed by atoms with Crippen molar-refractivity contribution < 1.29 is 27.4 Å². The molecule has 2 aromatic heterocycles. The highest BCUT2D eigenvalue weighted by Gasteiger charge is 2.55. The maximum atomic E-state index is 13.0. The highest BCUT2D eigenvalue weighted by molar-refractivity contribution is 7.80. The van der Waals surface area contributed by atoms with Crippen LogP contribution in [0.5, 0.6) is 17.2 Å². The Morgan fingerprint density at radius 2 is 1.87 bits per heavy atom. The highest BCUT2D eigenvalue weighted by Crippen LogP contribution is 2.52. The number of benzene rings is 1. The van der Waals surface area contributed by atoms with Crippen LogP contribution in [0.25, 0.3) is 0 Å². The van der Waals surface area contributed by atoms with Crippen molar-refractivity contribution in [2.75, 3.05) is 18.4 Å². The minimum atomic E-state index is -4.35. The molecule has 0 amide bonds. The minimum Gasteiger partial charge on any atom is -0.491 e. The van der Waals surface area contributed by atoms with Crippen molar-refractivity contribution in [3.05, 3.63) is 63.6 Å². The van der Waals surface area contributed by atoms with Crippen molar-refractivity contribution in [3.63, 3.8) is 0 Å². The first kappa shape index (κ1) is 18.1. The molecule has 0 N–H and O–H groups in total. The first-order chi connectivity index (χ1) is 14.4. The maximum Gasteiger partial charge on any atom is 0.425 e. The number of nitrogens with zero attached hydrogens (tertiary/aromatic N) is 2. The summed E-state index contributed by atoms with van der Waals surface area (Å²) in [4.78, 5) is 0.538. The zero-order valence-electron chi connectivity index (χ0n) is 15.2. The Balaban J connectivity index is 1.42. The predicted molar refractivity (Wildman–Crippen MR) is 107 cm³/mol. The molecular weight excluding hydrogens is 437 g/mol. The largest absolute Gasteiger partial charge is 0.491 e. The van der Waals surface area contributed by atoms with Crippen molar-refractivity contribution in [2.24, 2.45) is 0 Å². The first-order valence-corrected chi connectivity index (χ1v) is 10.3. The van der Waals surface area contributed by atoms with Crippen LogP contribution in [-0.4, -0.2) is 23.1 Å². The van der Waals surface area contributed by atoms with Gasteiger partial charge in [0, 0.05) is 22.7 Å². The lowest BCUT2D eigenvalue weighted by Gasteiger charge is -2.25. The van der Waals surface area contributed by atoms with Gasteiger partial charge in [0.15, 0.2) is 11.5 Å². The molecule has 3 aromatic rings. The molecule has 1 spiro atoms. The van der Waals surface area contributed by atoms with E-state index in [1.54, 1.807) is 6.07 Å². The molecule has 1 aromatic carbocycles. The molecule has 154 valence electrons. The van der Waals surface area contributed by atoms with Gasteiger partial charge in [-0.3, -0.25) is 9.69 Å². The molecule has 0 bridgehead atoms. The number of hydrogen-bond acceptors (Lipinski definition) is 5. The van der Waals surface area contributed by atoms with Gasteiger partial charge in [0.25, 0.3) is 0 Å². The molecule has 0 fully saturated rings. The average Bonchev–Trinajstić information content (AvgIpc) is 3.49. The molecule has 3 aliphatic heterocycles. The molecule has 6 rings (SSSR count). The molecule has 5 nitrogen and oxygen atoms in total. The summed E-state index contributed by atoms with van der Waals surface area (Å²) in [5, 5.41) is 1.83. The van der Waals surface area contributed by atoms with Gasteiger partial charge in [0.1, 0.15) is 27.6 Å². The van der Waals surface area contributed by atoms with Gasteiger partial charge >= 0.3 is 6.18 Å². The molecule has 30 heavy (non-hydrogen) atoms. The van der Waals surface area contributed by atoms with Crippen LogP contribution < -0.4 is 19.2 Å². The fourth-order valence-electron chi connectivity index (χ4n) is 4.29. The summed E-state index contributed by atoms with van der Waals surface area (Å²) < 4.78 is 58.0. The van der Waals surface area contributed by atoms with Crippen LogP contribution in [0.15, 0.2) is 42.6 Å². The van der Waals surface area contributed by atoms with Gasteiger partial charge in [-0.05, 0) is 30.3 Å². The van der Waals surface area contributed by atoms with E-state index in [4.69, 9.17) is 26.4 Å². The molecule has 0 aliphatic carbocycles. The zero-order chi connectivity index (χ0) is 20.7. The van der Waals surface area contributed by atoms with E-state index in [1.165, 1.54) is 6.07 Å². The summed E-state index contributed by atoms with van der Waals surface area (Å²) in [5.41, 5.74) is 1.08. The van der Waals surface area contributed by atoms with Crippen LogP contribution in [0.3, 0.4) is 0 Å². The number of alkyl halides is 3. The van der Waals surface area contributed by atoms with Crippen LogP contribution >= 0.6 is 23.6 Å². The number of aromatic nitrogens is 1. The van der Waals surface area contributed by atoms with Gasteiger partial charge in [-0.15, -0.1) is 11.3 Å². The third kappa shape index (κ3) is 2.31. The van der Waals surface area contributed by atoms with E-state index in [2.05, 4.69) is 0 Å². The fraction of sp³-hybridized carbons (Fsp3) is 0.250. The van der Waals surface area contributed by atoms with Crippen molar-refractivity contribution in [1.82, 2.24) is 4.68 Å². The molecule has 3 aliphatic rings. The number of halogens is 3. The normalized spacial score (nSPS) is 21.3. The lowest BCUT2D eigenvalue weighted by atomic mass is 9.79. The number of thiophene rings is 1. The molecule has 1 unspecified atom stereocenters. The van der Waals surface area contributed by atoms with Crippen molar-refractivity contribution in [1.29, 1.82) is 0 Å². The second-order valence-corrected chi connectivity index (χ2v) is 8.82. The van der Waals surface area contributed by atoms with Crippen molar-refractivity contribution in [2.45, 2.75) is 18.1 Å².